The molecule has 3 rings (SSSR count). The maximum atomic E-state index is 12.5. The number of nitrogens with one attached hydrogen (secondary N) is 1. The molecular weight excluding hydrogens is 310 g/mol. The number of aromatic nitrogens is 2. The van der Waals surface area contributed by atoms with Gasteiger partial charge >= 0.3 is 0 Å². The highest BCUT2D eigenvalue weighted by Crippen LogP contribution is 2.31. The van der Waals surface area contributed by atoms with Crippen LogP contribution in [0.2, 0.25) is 0 Å². The molecule has 1 aromatic heterocycles. The smallest absolute Gasteiger partial charge is 0.266 e. The Bertz CT molecular complexity index is 697. The molecule has 1 aromatic carbocycles. The Labute approximate surface area is 118 Å². The summed E-state index contributed by atoms with van der Waals surface area (Å²) in [5.41, 5.74) is 0.667. The van der Waals surface area contributed by atoms with Crippen molar-refractivity contribution in [2.45, 2.75) is 13.0 Å². The first-order chi connectivity index (χ1) is 9.18. The Morgan fingerprint density at radius 1 is 1.37 bits per heavy atom. The molecule has 0 bridgehead atoms. The van der Waals surface area contributed by atoms with E-state index in [0.717, 1.165) is 17.4 Å². The molecular formula is C13H12BrN3O2. The summed E-state index contributed by atoms with van der Waals surface area (Å²) in [5, 5.41) is 13.1. The summed E-state index contributed by atoms with van der Waals surface area (Å²) in [6.07, 6.45) is 0.870. The topological polar surface area (TPSA) is 67.1 Å². The van der Waals surface area contributed by atoms with E-state index in [1.54, 1.807) is 10.6 Å². The fraction of sp³-hybridized carbons (Fsp3) is 0.231. The zero-order chi connectivity index (χ0) is 13.4. The van der Waals surface area contributed by atoms with Crippen LogP contribution in [0.15, 0.2) is 33.5 Å². The lowest BCUT2D eigenvalue weighted by Crippen LogP contribution is -2.31. The molecule has 19 heavy (non-hydrogen) atoms. The monoisotopic (exact) mass is 321 g/mol. The maximum absolute atomic E-state index is 12.5. The third-order valence-corrected chi connectivity index (χ3v) is 3.83. The van der Waals surface area contributed by atoms with Crippen LogP contribution in [0.1, 0.15) is 6.42 Å². The number of nitrogens with zero attached hydrogens (tertiary/aromatic N) is 2. The highest BCUT2D eigenvalue weighted by molar-refractivity contribution is 9.10. The second-order valence-electron chi connectivity index (χ2n) is 4.35. The van der Waals surface area contributed by atoms with E-state index in [9.17, 15) is 9.90 Å². The van der Waals surface area contributed by atoms with Crippen LogP contribution in [0.3, 0.4) is 0 Å². The SMILES string of the molecule is O=c1c(-c2ccccc2Br)c(O)nc2n1CCCN2. The molecule has 0 aliphatic carbocycles. The summed E-state index contributed by atoms with van der Waals surface area (Å²) in [5.74, 6) is 0.196. The summed E-state index contributed by atoms with van der Waals surface area (Å²) in [6.45, 7) is 1.38. The number of anilines is 1. The van der Waals surface area contributed by atoms with E-state index < -0.39 is 0 Å². The summed E-state index contributed by atoms with van der Waals surface area (Å²) >= 11 is 3.39. The van der Waals surface area contributed by atoms with Gasteiger partial charge in [0.2, 0.25) is 11.8 Å². The summed E-state index contributed by atoms with van der Waals surface area (Å²) < 4.78 is 2.33. The Morgan fingerprint density at radius 3 is 2.95 bits per heavy atom. The average molecular weight is 322 g/mol. The summed E-state index contributed by atoms with van der Waals surface area (Å²) in [4.78, 5) is 16.6. The van der Waals surface area contributed by atoms with Crippen LogP contribution >= 0.6 is 15.9 Å². The molecule has 0 saturated heterocycles. The van der Waals surface area contributed by atoms with Gasteiger partial charge in [0.05, 0.1) is 0 Å². The summed E-state index contributed by atoms with van der Waals surface area (Å²) in [7, 11) is 0. The molecule has 0 radical (unpaired) electrons. The number of hydrogen-bond donors (Lipinski definition) is 2. The molecule has 6 heteroatoms. The average Bonchev–Trinajstić information content (AvgIpc) is 2.41. The minimum atomic E-state index is -0.238. The van der Waals surface area contributed by atoms with Crippen molar-refractivity contribution in [2.75, 3.05) is 11.9 Å². The van der Waals surface area contributed by atoms with E-state index >= 15 is 0 Å². The molecule has 2 aromatic rings. The van der Waals surface area contributed by atoms with Crippen LogP contribution in [-0.4, -0.2) is 21.2 Å². The van der Waals surface area contributed by atoms with Crippen LogP contribution in [0.4, 0.5) is 5.95 Å². The third kappa shape index (κ3) is 2.02. The lowest BCUT2D eigenvalue weighted by Gasteiger charge is -2.20. The van der Waals surface area contributed by atoms with Gasteiger partial charge < -0.3 is 10.4 Å². The molecule has 98 valence electrons. The second kappa shape index (κ2) is 4.70. The first-order valence-electron chi connectivity index (χ1n) is 6.01. The molecule has 1 aliphatic rings. The standard InChI is InChI=1S/C13H12BrN3O2/c14-9-5-2-1-4-8(9)10-11(18)16-13-15-6-3-7-17(13)12(10)19/h1-2,4-5,18H,3,6-7H2,(H,15,16). The number of rotatable bonds is 1. The lowest BCUT2D eigenvalue weighted by molar-refractivity contribution is 0.447. The Morgan fingerprint density at radius 2 is 2.16 bits per heavy atom. The van der Waals surface area contributed by atoms with Gasteiger partial charge in [-0.2, -0.15) is 4.98 Å². The van der Waals surface area contributed by atoms with Crippen molar-refractivity contribution < 1.29 is 5.11 Å². The number of benzene rings is 1. The summed E-state index contributed by atoms with van der Waals surface area (Å²) in [6, 6.07) is 7.29. The van der Waals surface area contributed by atoms with Gasteiger partial charge in [-0.25, -0.2) is 0 Å². The largest absolute Gasteiger partial charge is 0.493 e. The predicted octanol–water partition coefficient (Wildman–Crippen LogP) is 2.19. The van der Waals surface area contributed by atoms with E-state index in [4.69, 9.17) is 0 Å². The quantitative estimate of drug-likeness (QED) is 0.845. The molecule has 0 fully saturated rings. The van der Waals surface area contributed by atoms with Crippen molar-refractivity contribution in [1.29, 1.82) is 0 Å². The van der Waals surface area contributed by atoms with Gasteiger partial charge in [-0.3, -0.25) is 9.36 Å². The maximum Gasteiger partial charge on any atom is 0.266 e. The van der Waals surface area contributed by atoms with Gasteiger partial charge in [0, 0.05) is 23.1 Å². The van der Waals surface area contributed by atoms with E-state index in [0.29, 0.717) is 18.1 Å². The molecule has 2 heterocycles. The molecule has 0 amide bonds. The lowest BCUT2D eigenvalue weighted by atomic mass is 10.1. The highest BCUT2D eigenvalue weighted by atomic mass is 79.9. The number of halogens is 1. The van der Waals surface area contributed by atoms with Crippen molar-refractivity contribution >= 4 is 21.9 Å². The molecule has 0 saturated carbocycles. The minimum Gasteiger partial charge on any atom is -0.493 e. The van der Waals surface area contributed by atoms with Gasteiger partial charge in [0.1, 0.15) is 5.56 Å². The first-order valence-corrected chi connectivity index (χ1v) is 6.80. The minimum absolute atomic E-state index is 0.221. The molecule has 0 atom stereocenters. The Kier molecular flexibility index (Phi) is 3.02. The zero-order valence-corrected chi connectivity index (χ0v) is 11.6. The van der Waals surface area contributed by atoms with Crippen LogP contribution in [0, 0.1) is 0 Å². The van der Waals surface area contributed by atoms with Crippen molar-refractivity contribution in [3.63, 3.8) is 0 Å². The molecule has 1 aliphatic heterocycles. The highest BCUT2D eigenvalue weighted by Gasteiger charge is 2.20. The van der Waals surface area contributed by atoms with Gasteiger partial charge in [0.15, 0.2) is 0 Å². The molecule has 2 N–H and O–H groups in total. The number of aromatic hydroxyl groups is 1. The Hall–Kier alpha value is -1.82. The van der Waals surface area contributed by atoms with E-state index in [1.165, 1.54) is 0 Å². The van der Waals surface area contributed by atoms with Crippen LogP contribution in [0.5, 0.6) is 5.88 Å². The van der Waals surface area contributed by atoms with Gasteiger partial charge in [-0.1, -0.05) is 34.1 Å². The number of fused-ring (bicyclic) bond motifs is 1. The van der Waals surface area contributed by atoms with E-state index in [2.05, 4.69) is 26.2 Å². The van der Waals surface area contributed by atoms with Crippen molar-refractivity contribution in [2.24, 2.45) is 0 Å². The molecule has 0 unspecified atom stereocenters. The first kappa shape index (κ1) is 12.2. The zero-order valence-electron chi connectivity index (χ0n) is 10.1. The predicted molar refractivity (Wildman–Crippen MR) is 76.4 cm³/mol. The van der Waals surface area contributed by atoms with Crippen LogP contribution in [0.25, 0.3) is 11.1 Å². The van der Waals surface area contributed by atoms with Crippen LogP contribution < -0.4 is 10.9 Å². The van der Waals surface area contributed by atoms with Gasteiger partial charge in [-0.05, 0) is 12.5 Å². The Balaban J connectivity index is 2.28. The van der Waals surface area contributed by atoms with Crippen molar-refractivity contribution in [3.8, 4) is 17.0 Å². The second-order valence-corrected chi connectivity index (χ2v) is 5.21. The van der Waals surface area contributed by atoms with Gasteiger partial charge in [0.25, 0.3) is 5.56 Å². The normalized spacial score (nSPS) is 13.7. The fourth-order valence-electron chi connectivity index (χ4n) is 2.22. The molecule has 0 spiro atoms. The van der Waals surface area contributed by atoms with Crippen LogP contribution in [-0.2, 0) is 6.54 Å². The van der Waals surface area contributed by atoms with E-state index in [1.807, 2.05) is 18.2 Å². The molecule has 5 nitrogen and oxygen atoms in total. The van der Waals surface area contributed by atoms with E-state index in [-0.39, 0.29) is 17.0 Å². The fourth-order valence-corrected chi connectivity index (χ4v) is 2.71. The van der Waals surface area contributed by atoms with Gasteiger partial charge in [-0.15, -0.1) is 0 Å². The third-order valence-electron chi connectivity index (χ3n) is 3.13. The van der Waals surface area contributed by atoms with Crippen molar-refractivity contribution in [1.82, 2.24) is 9.55 Å². The number of hydrogen-bond acceptors (Lipinski definition) is 4. The van der Waals surface area contributed by atoms with Crippen molar-refractivity contribution in [3.05, 3.63) is 39.1 Å².